The summed E-state index contributed by atoms with van der Waals surface area (Å²) in [5.41, 5.74) is 2.22. The lowest BCUT2D eigenvalue weighted by molar-refractivity contribution is -0.146. The van der Waals surface area contributed by atoms with Crippen molar-refractivity contribution in [3.8, 4) is 0 Å². The van der Waals surface area contributed by atoms with E-state index in [0.717, 1.165) is 30.7 Å². The second-order valence-corrected chi connectivity index (χ2v) is 9.52. The molecule has 0 saturated carbocycles. The fraction of sp³-hybridized carbons (Fsp3) is 0.607. The monoisotopic (exact) mass is 438 g/mol. The zero-order chi connectivity index (χ0) is 23.2. The molecule has 0 unspecified atom stereocenters. The molecular formula is C28H42N2O2. The highest BCUT2D eigenvalue weighted by atomic mass is 16.5. The molecule has 4 heteroatoms. The number of hydrogen-bond acceptors (Lipinski definition) is 4. The van der Waals surface area contributed by atoms with Gasteiger partial charge in [-0.05, 0) is 42.2 Å². The minimum Gasteiger partial charge on any atom is -0.461 e. The first-order valence-electron chi connectivity index (χ1n) is 12.5. The normalized spacial score (nSPS) is 13.2. The number of ether oxygens (including phenoxy) is 1. The van der Waals surface area contributed by atoms with Crippen LogP contribution in [0.3, 0.4) is 0 Å². The Morgan fingerprint density at radius 1 is 0.906 bits per heavy atom. The van der Waals surface area contributed by atoms with Crippen molar-refractivity contribution in [1.29, 1.82) is 0 Å². The maximum absolute atomic E-state index is 12.5. The molecule has 2 atom stereocenters. The van der Waals surface area contributed by atoms with Crippen molar-refractivity contribution in [3.63, 3.8) is 0 Å². The van der Waals surface area contributed by atoms with Crippen LogP contribution >= 0.6 is 0 Å². The Balaban J connectivity index is 1.92. The molecule has 176 valence electrons. The lowest BCUT2D eigenvalue weighted by atomic mass is 9.85. The predicted octanol–water partition coefficient (Wildman–Crippen LogP) is 7.28. The first-order chi connectivity index (χ1) is 15.5. The van der Waals surface area contributed by atoms with Crippen LogP contribution in [-0.2, 0) is 22.6 Å². The second-order valence-electron chi connectivity index (χ2n) is 9.52. The van der Waals surface area contributed by atoms with Crippen molar-refractivity contribution in [2.24, 2.45) is 11.8 Å². The van der Waals surface area contributed by atoms with Gasteiger partial charge in [-0.15, -0.1) is 0 Å². The lowest BCUT2D eigenvalue weighted by Gasteiger charge is -2.23. The van der Waals surface area contributed by atoms with E-state index in [9.17, 15) is 4.79 Å². The molecule has 1 heterocycles. The van der Waals surface area contributed by atoms with Crippen molar-refractivity contribution in [2.75, 3.05) is 0 Å². The first kappa shape index (κ1) is 26.0. The van der Waals surface area contributed by atoms with Gasteiger partial charge in [0.15, 0.2) is 0 Å². The molecule has 2 rings (SSSR count). The van der Waals surface area contributed by atoms with Crippen LogP contribution in [0.5, 0.6) is 0 Å². The summed E-state index contributed by atoms with van der Waals surface area (Å²) in [6, 6.07) is 9.83. The molecule has 4 nitrogen and oxygen atoms in total. The van der Waals surface area contributed by atoms with Gasteiger partial charge in [0.25, 0.3) is 0 Å². The molecule has 0 radical (unpaired) electrons. The van der Waals surface area contributed by atoms with Crippen molar-refractivity contribution >= 4 is 5.97 Å². The quantitative estimate of drug-likeness (QED) is 0.216. The number of nitrogens with zero attached hydrogens (tertiary/aromatic N) is 2. The number of benzene rings is 1. The van der Waals surface area contributed by atoms with Crippen molar-refractivity contribution in [2.45, 2.75) is 98.0 Å². The summed E-state index contributed by atoms with van der Waals surface area (Å²) in [5, 5.41) is 0. The molecule has 0 spiro atoms. The van der Waals surface area contributed by atoms with Crippen molar-refractivity contribution in [1.82, 2.24) is 9.97 Å². The molecule has 1 aromatic heterocycles. The highest BCUT2D eigenvalue weighted by molar-refractivity contribution is 5.69. The molecule has 0 aliphatic rings. The summed E-state index contributed by atoms with van der Waals surface area (Å²) in [7, 11) is 0. The van der Waals surface area contributed by atoms with E-state index in [1.165, 1.54) is 37.7 Å². The number of hydrogen-bond donors (Lipinski definition) is 0. The SMILES string of the molecule is CCCCCCCc1cnc([C@@H](CCC(C)C)[C@@H](C)CC(=O)OCc2ccccc2)nc1. The molecule has 0 aliphatic heterocycles. The van der Waals surface area contributed by atoms with Gasteiger partial charge in [-0.25, -0.2) is 9.97 Å². The number of aryl methyl sites for hydroxylation is 1. The molecule has 2 aromatic rings. The molecule has 0 fully saturated rings. The van der Waals surface area contributed by atoms with Crippen LogP contribution in [0.1, 0.15) is 102 Å². The largest absolute Gasteiger partial charge is 0.461 e. The second kappa shape index (κ2) is 14.8. The van der Waals surface area contributed by atoms with Crippen LogP contribution in [0.2, 0.25) is 0 Å². The van der Waals surface area contributed by atoms with E-state index < -0.39 is 0 Å². The first-order valence-corrected chi connectivity index (χ1v) is 12.5. The lowest BCUT2D eigenvalue weighted by Crippen LogP contribution is -2.19. The third kappa shape index (κ3) is 9.93. The van der Waals surface area contributed by atoms with Crippen LogP contribution in [0, 0.1) is 11.8 Å². The number of rotatable bonds is 15. The maximum atomic E-state index is 12.5. The molecular weight excluding hydrogens is 396 g/mol. The van der Waals surface area contributed by atoms with E-state index in [4.69, 9.17) is 14.7 Å². The zero-order valence-corrected chi connectivity index (χ0v) is 20.6. The van der Waals surface area contributed by atoms with Crippen molar-refractivity contribution in [3.05, 3.63) is 59.7 Å². The van der Waals surface area contributed by atoms with E-state index >= 15 is 0 Å². The fourth-order valence-electron chi connectivity index (χ4n) is 4.00. The van der Waals surface area contributed by atoms with E-state index in [1.807, 2.05) is 42.7 Å². The van der Waals surface area contributed by atoms with Gasteiger partial charge in [0.1, 0.15) is 12.4 Å². The smallest absolute Gasteiger partial charge is 0.306 e. The van der Waals surface area contributed by atoms with Gasteiger partial charge in [-0.2, -0.15) is 0 Å². The van der Waals surface area contributed by atoms with Crippen LogP contribution in [0.4, 0.5) is 0 Å². The third-order valence-corrected chi connectivity index (χ3v) is 6.10. The minimum atomic E-state index is -0.153. The van der Waals surface area contributed by atoms with E-state index in [1.54, 1.807) is 0 Å². The van der Waals surface area contributed by atoms with Crippen LogP contribution in [-0.4, -0.2) is 15.9 Å². The summed E-state index contributed by atoms with van der Waals surface area (Å²) in [4.78, 5) is 21.9. The highest BCUT2D eigenvalue weighted by Gasteiger charge is 2.25. The number of unbranched alkanes of at least 4 members (excludes halogenated alkanes) is 4. The van der Waals surface area contributed by atoms with Crippen LogP contribution in [0.15, 0.2) is 42.7 Å². The Morgan fingerprint density at radius 2 is 1.59 bits per heavy atom. The average molecular weight is 439 g/mol. The summed E-state index contributed by atoms with van der Waals surface area (Å²) < 4.78 is 5.52. The molecule has 0 bridgehead atoms. The van der Waals surface area contributed by atoms with Crippen LogP contribution < -0.4 is 0 Å². The molecule has 0 saturated heterocycles. The maximum Gasteiger partial charge on any atom is 0.306 e. The van der Waals surface area contributed by atoms with Crippen LogP contribution in [0.25, 0.3) is 0 Å². The zero-order valence-electron chi connectivity index (χ0n) is 20.6. The summed E-state index contributed by atoms with van der Waals surface area (Å²) in [5.74, 6) is 1.62. The van der Waals surface area contributed by atoms with Gasteiger partial charge in [0.2, 0.25) is 0 Å². The molecule has 0 amide bonds. The van der Waals surface area contributed by atoms with E-state index in [-0.39, 0.29) is 17.8 Å². The predicted molar refractivity (Wildman–Crippen MR) is 131 cm³/mol. The fourth-order valence-corrected chi connectivity index (χ4v) is 4.00. The third-order valence-electron chi connectivity index (χ3n) is 6.10. The molecule has 0 N–H and O–H groups in total. The molecule has 32 heavy (non-hydrogen) atoms. The molecule has 0 aliphatic carbocycles. The Labute approximate surface area is 195 Å². The Kier molecular flexibility index (Phi) is 12.0. The van der Waals surface area contributed by atoms with Gasteiger partial charge in [-0.1, -0.05) is 90.1 Å². The van der Waals surface area contributed by atoms with E-state index in [2.05, 4.69) is 27.7 Å². The van der Waals surface area contributed by atoms with Gasteiger partial charge in [0.05, 0.1) is 0 Å². The topological polar surface area (TPSA) is 52.1 Å². The van der Waals surface area contributed by atoms with Gasteiger partial charge in [0, 0.05) is 24.7 Å². The highest BCUT2D eigenvalue weighted by Crippen LogP contribution is 2.31. The van der Waals surface area contributed by atoms with Crippen molar-refractivity contribution < 1.29 is 9.53 Å². The van der Waals surface area contributed by atoms with Gasteiger partial charge >= 0.3 is 5.97 Å². The van der Waals surface area contributed by atoms with Gasteiger partial charge < -0.3 is 4.74 Å². The number of carbonyl (C=O) groups is 1. The Morgan fingerprint density at radius 3 is 2.25 bits per heavy atom. The Bertz CT molecular complexity index is 759. The number of carbonyl (C=O) groups excluding carboxylic acids is 1. The summed E-state index contributed by atoms with van der Waals surface area (Å²) in [6.45, 7) is 9.16. The minimum absolute atomic E-state index is 0.136. The summed E-state index contributed by atoms with van der Waals surface area (Å²) in [6.07, 6.45) is 13.9. The molecule has 1 aromatic carbocycles. The number of esters is 1. The number of aromatic nitrogens is 2. The Hall–Kier alpha value is -2.23. The average Bonchev–Trinajstić information content (AvgIpc) is 2.79. The summed E-state index contributed by atoms with van der Waals surface area (Å²) >= 11 is 0. The van der Waals surface area contributed by atoms with Gasteiger partial charge in [-0.3, -0.25) is 4.79 Å². The van der Waals surface area contributed by atoms with E-state index in [0.29, 0.717) is 18.9 Å². The standard InChI is InChI=1S/C28H42N2O2/c1-5-6-7-8-10-15-25-19-29-28(30-20-25)26(17-16-22(2)3)23(4)18-27(31)32-21-24-13-11-9-12-14-24/h9,11-14,19-20,22-23,26H,5-8,10,15-18,21H2,1-4H3/t23-,26-/m0/s1.